The fourth-order valence-corrected chi connectivity index (χ4v) is 2.14. The fraction of sp³-hybridized carbons (Fsp3) is 0.0400. The third-order valence-corrected chi connectivity index (χ3v) is 3.42. The van der Waals surface area contributed by atoms with E-state index in [4.69, 9.17) is 0 Å². The molecule has 4 rings (SSSR count). The molecule has 27 heavy (non-hydrogen) atoms. The van der Waals surface area contributed by atoms with Crippen LogP contribution in [0, 0.1) is 70.3 Å². The SMILES string of the molecule is CC(=[C-]c1ccccc1)c1ccccc1.[CH]1[CH][CH][CH][CH]1.[CH]1[CH][CH][CH][CH]1.[Cl][Ti+]. The summed E-state index contributed by atoms with van der Waals surface area (Å²) in [6.07, 6.45) is 23.4. The zero-order valence-electron chi connectivity index (χ0n) is 15.4. The second-order valence-corrected chi connectivity index (χ2v) is 5.41. The number of rotatable bonds is 2. The van der Waals surface area contributed by atoms with E-state index in [-0.39, 0.29) is 0 Å². The Hall–Kier alpha value is -0.816. The van der Waals surface area contributed by atoms with E-state index >= 15 is 0 Å². The number of allylic oxidation sites excluding steroid dienone is 1. The molecule has 0 unspecified atom stereocenters. The number of hydrogen-bond donors (Lipinski definition) is 0. The zero-order chi connectivity index (χ0) is 19.6. The Bertz CT molecular complexity index is 559. The van der Waals surface area contributed by atoms with Crippen LogP contribution in [0.15, 0.2) is 60.7 Å². The molecule has 2 aromatic rings. The summed E-state index contributed by atoms with van der Waals surface area (Å²) < 4.78 is 0. The van der Waals surface area contributed by atoms with Crippen LogP contribution < -0.4 is 0 Å². The maximum atomic E-state index is 4.64. The van der Waals surface area contributed by atoms with Gasteiger partial charge in [0.05, 0.1) is 0 Å². The van der Waals surface area contributed by atoms with E-state index in [0.29, 0.717) is 0 Å². The van der Waals surface area contributed by atoms with Crippen molar-refractivity contribution in [3.05, 3.63) is 142 Å². The van der Waals surface area contributed by atoms with E-state index < -0.39 is 0 Å². The third kappa shape index (κ3) is 12.3. The summed E-state index contributed by atoms with van der Waals surface area (Å²) >= 11 is 1.47. The van der Waals surface area contributed by atoms with Gasteiger partial charge in [-0.25, -0.2) is 0 Å². The zero-order valence-corrected chi connectivity index (χ0v) is 17.7. The van der Waals surface area contributed by atoms with Gasteiger partial charge in [0.15, 0.2) is 0 Å². The predicted octanol–water partition coefficient (Wildman–Crippen LogP) is 6.67. The van der Waals surface area contributed by atoms with E-state index in [9.17, 15) is 0 Å². The van der Waals surface area contributed by atoms with Crippen LogP contribution in [0.1, 0.15) is 18.1 Å². The first-order valence-electron chi connectivity index (χ1n) is 8.59. The van der Waals surface area contributed by atoms with Crippen LogP contribution in [-0.2, 0) is 19.4 Å². The average molecular weight is 407 g/mol. The Morgan fingerprint density at radius 2 is 0.926 bits per heavy atom. The first-order chi connectivity index (χ1) is 13.4. The van der Waals surface area contributed by atoms with Gasteiger partial charge >= 0.3 is 28.7 Å². The van der Waals surface area contributed by atoms with Gasteiger partial charge in [0.2, 0.25) is 0 Å². The second kappa shape index (κ2) is 17.3. The van der Waals surface area contributed by atoms with Crippen LogP contribution in [0.25, 0.3) is 5.57 Å². The molecule has 0 N–H and O–H groups in total. The summed E-state index contributed by atoms with van der Waals surface area (Å²) in [5.41, 5.74) is 3.52. The number of halogens is 1. The van der Waals surface area contributed by atoms with Gasteiger partial charge in [0.1, 0.15) is 0 Å². The molecule has 0 amide bonds. The van der Waals surface area contributed by atoms with Crippen molar-refractivity contribution in [1.29, 1.82) is 0 Å². The maximum absolute atomic E-state index is 4.64. The molecule has 2 heteroatoms. The topological polar surface area (TPSA) is 0 Å². The Labute approximate surface area is 182 Å². The van der Waals surface area contributed by atoms with Gasteiger partial charge in [-0.2, -0.15) is 0 Å². The van der Waals surface area contributed by atoms with E-state index in [1.807, 2.05) is 101 Å². The van der Waals surface area contributed by atoms with Gasteiger partial charge in [-0.05, 0) is 64.2 Å². The average Bonchev–Trinajstić information content (AvgIpc) is 3.50. The molecule has 0 bridgehead atoms. The van der Waals surface area contributed by atoms with E-state index in [2.05, 4.69) is 46.6 Å². The molecular formula is C25H23ClTi. The molecule has 2 aliphatic rings. The van der Waals surface area contributed by atoms with Crippen molar-refractivity contribution < 1.29 is 19.4 Å². The van der Waals surface area contributed by atoms with Crippen molar-refractivity contribution in [2.45, 2.75) is 6.92 Å². The quantitative estimate of drug-likeness (QED) is 0.297. The van der Waals surface area contributed by atoms with Gasteiger partial charge in [0, 0.05) is 0 Å². The molecule has 134 valence electrons. The monoisotopic (exact) mass is 406 g/mol. The Morgan fingerprint density at radius 1 is 0.593 bits per heavy atom. The summed E-state index contributed by atoms with van der Waals surface area (Å²) in [6.45, 7) is 2.09. The van der Waals surface area contributed by atoms with Gasteiger partial charge in [-0.3, -0.25) is 0 Å². The number of hydrogen-bond acceptors (Lipinski definition) is 0. The van der Waals surface area contributed by atoms with Crippen LogP contribution in [0.2, 0.25) is 0 Å². The van der Waals surface area contributed by atoms with Crippen LogP contribution in [0.3, 0.4) is 0 Å². The van der Waals surface area contributed by atoms with Gasteiger partial charge in [-0.1, -0.05) is 48.9 Å². The first-order valence-corrected chi connectivity index (χ1v) is 10.7. The Balaban J connectivity index is 0.000000247. The van der Waals surface area contributed by atoms with Crippen molar-refractivity contribution in [2.24, 2.45) is 0 Å². The van der Waals surface area contributed by atoms with E-state index in [1.54, 1.807) is 0 Å². The summed E-state index contributed by atoms with van der Waals surface area (Å²) in [5, 5.41) is 0. The Morgan fingerprint density at radius 3 is 1.30 bits per heavy atom. The normalized spacial score (nSPS) is 15.4. The summed E-state index contributed by atoms with van der Waals surface area (Å²) in [6, 6.07) is 20.5. The van der Waals surface area contributed by atoms with Crippen LogP contribution in [0.4, 0.5) is 0 Å². The molecule has 2 fully saturated rings. The van der Waals surface area contributed by atoms with Crippen molar-refractivity contribution in [3.8, 4) is 0 Å². The predicted molar refractivity (Wildman–Crippen MR) is 113 cm³/mol. The van der Waals surface area contributed by atoms with Gasteiger partial charge in [0.25, 0.3) is 0 Å². The van der Waals surface area contributed by atoms with Crippen LogP contribution in [-0.4, -0.2) is 0 Å². The van der Waals surface area contributed by atoms with Crippen LogP contribution >= 0.6 is 9.30 Å². The second-order valence-electron chi connectivity index (χ2n) is 5.41. The first kappa shape index (κ1) is 24.2. The molecule has 0 aliphatic heterocycles. The minimum atomic E-state index is 1.12. The molecule has 2 aromatic carbocycles. The van der Waals surface area contributed by atoms with E-state index in [1.165, 1.54) is 30.5 Å². The van der Waals surface area contributed by atoms with Crippen molar-refractivity contribution in [3.63, 3.8) is 0 Å². The molecule has 0 nitrogen and oxygen atoms in total. The summed E-state index contributed by atoms with van der Waals surface area (Å²) in [4.78, 5) is 0. The molecule has 0 saturated heterocycles. The van der Waals surface area contributed by atoms with Crippen LogP contribution in [0.5, 0.6) is 0 Å². The van der Waals surface area contributed by atoms with Gasteiger partial charge in [-0.15, -0.1) is 41.5 Å². The Kier molecular flexibility index (Phi) is 15.5. The standard InChI is InChI=1S/C15H13.2C5H5.ClH.Ti/c1-13(15-10-6-3-7-11-15)12-14-8-4-2-5-9-14;2*1-2-4-5-3-1;;/h2-11H,1H3;2*1-5H;1H;/q-1;;;;+2/p-1. The summed E-state index contributed by atoms with van der Waals surface area (Å²) in [7, 11) is 4.64. The molecule has 2 saturated carbocycles. The van der Waals surface area contributed by atoms with Gasteiger partial charge < -0.3 is 0 Å². The molecule has 0 atom stereocenters. The fourth-order valence-electron chi connectivity index (χ4n) is 2.14. The summed E-state index contributed by atoms with van der Waals surface area (Å²) in [5.74, 6) is 0. The van der Waals surface area contributed by atoms with Crippen molar-refractivity contribution in [1.82, 2.24) is 0 Å². The number of benzene rings is 2. The molecule has 2 aliphatic carbocycles. The van der Waals surface area contributed by atoms with Crippen molar-refractivity contribution >= 4 is 14.9 Å². The molecule has 0 spiro atoms. The van der Waals surface area contributed by atoms with E-state index in [0.717, 1.165) is 5.56 Å². The third-order valence-electron chi connectivity index (χ3n) is 3.42. The molecule has 0 heterocycles. The molecule has 0 aromatic heterocycles. The molecule has 10 radical (unpaired) electrons. The molecular weight excluding hydrogens is 384 g/mol. The van der Waals surface area contributed by atoms with Crippen molar-refractivity contribution in [2.75, 3.05) is 0 Å². The minimum absolute atomic E-state index is 1.12.